The van der Waals surface area contributed by atoms with Gasteiger partial charge in [0.15, 0.2) is 5.82 Å². The number of aromatic nitrogens is 3. The highest BCUT2D eigenvalue weighted by molar-refractivity contribution is 7.71. The van der Waals surface area contributed by atoms with E-state index >= 15 is 0 Å². The zero-order valence-electron chi connectivity index (χ0n) is 10.3. The Morgan fingerprint density at radius 3 is 2.78 bits per heavy atom. The van der Waals surface area contributed by atoms with Crippen molar-refractivity contribution in [2.75, 3.05) is 0 Å². The van der Waals surface area contributed by atoms with Crippen LogP contribution in [-0.2, 0) is 6.42 Å². The topological polar surface area (TPSA) is 41.6 Å². The molecule has 0 aliphatic heterocycles. The highest BCUT2D eigenvalue weighted by atomic mass is 32.1. The Morgan fingerprint density at radius 1 is 1.39 bits per heavy atom. The summed E-state index contributed by atoms with van der Waals surface area (Å²) < 4.78 is 13.3. The van der Waals surface area contributed by atoms with Crippen LogP contribution in [0.5, 0.6) is 0 Å². The molecule has 0 fully saturated rings. The van der Waals surface area contributed by atoms with Gasteiger partial charge < -0.3 is 4.98 Å². The van der Waals surface area contributed by atoms with E-state index in [2.05, 4.69) is 28.8 Å². The lowest BCUT2D eigenvalue weighted by Gasteiger charge is -2.07. The van der Waals surface area contributed by atoms with Gasteiger partial charge >= 0.3 is 0 Å². The molecule has 2 heterocycles. The average Bonchev–Trinajstić information content (AvgIpc) is 2.28. The molecule has 0 unspecified atom stereocenters. The van der Waals surface area contributed by atoms with E-state index in [-0.39, 0.29) is 5.82 Å². The quantitative estimate of drug-likeness (QED) is 0.861. The molecule has 2 rings (SSSR count). The summed E-state index contributed by atoms with van der Waals surface area (Å²) in [7, 11) is 0. The number of nitrogens with one attached hydrogen (secondary N) is 1. The standard InChI is InChI=1S/C13H14FN3S/c1-8(2)5-10-6-12(18)17-13(16-10)11-4-3-9(14)7-15-11/h3-4,6-8H,5H2,1-2H3,(H,16,17,18). The van der Waals surface area contributed by atoms with Gasteiger partial charge in [-0.25, -0.2) is 14.4 Å². The smallest absolute Gasteiger partial charge is 0.157 e. The van der Waals surface area contributed by atoms with Crippen molar-refractivity contribution >= 4 is 12.2 Å². The maximum absolute atomic E-state index is 12.8. The van der Waals surface area contributed by atoms with E-state index in [9.17, 15) is 4.39 Å². The maximum Gasteiger partial charge on any atom is 0.157 e. The van der Waals surface area contributed by atoms with E-state index in [0.29, 0.717) is 22.1 Å². The predicted octanol–water partition coefficient (Wildman–Crippen LogP) is 3.54. The van der Waals surface area contributed by atoms with E-state index < -0.39 is 0 Å². The van der Waals surface area contributed by atoms with Crippen LogP contribution in [0.15, 0.2) is 24.4 Å². The molecule has 0 saturated heterocycles. The Hall–Kier alpha value is -1.62. The van der Waals surface area contributed by atoms with Gasteiger partial charge in [-0.3, -0.25) is 0 Å². The molecule has 2 aromatic heterocycles. The van der Waals surface area contributed by atoms with Crippen molar-refractivity contribution in [3.05, 3.63) is 40.5 Å². The third kappa shape index (κ3) is 3.20. The molecule has 0 saturated carbocycles. The number of hydrogen-bond donors (Lipinski definition) is 1. The molecule has 0 atom stereocenters. The summed E-state index contributed by atoms with van der Waals surface area (Å²) in [6.45, 7) is 4.26. The fourth-order valence-corrected chi connectivity index (χ4v) is 1.93. The first-order valence-corrected chi connectivity index (χ1v) is 6.17. The molecule has 0 spiro atoms. The van der Waals surface area contributed by atoms with E-state index in [1.807, 2.05) is 6.07 Å². The minimum atomic E-state index is -0.365. The second-order valence-corrected chi connectivity index (χ2v) is 4.97. The van der Waals surface area contributed by atoms with Crippen LogP contribution < -0.4 is 0 Å². The molecular formula is C13H14FN3S. The fraction of sp³-hybridized carbons (Fsp3) is 0.308. The number of pyridine rings is 1. The molecule has 2 aromatic rings. The van der Waals surface area contributed by atoms with Crippen molar-refractivity contribution in [2.45, 2.75) is 20.3 Å². The Morgan fingerprint density at radius 2 is 2.17 bits per heavy atom. The fourth-order valence-electron chi connectivity index (χ4n) is 1.69. The van der Waals surface area contributed by atoms with Crippen molar-refractivity contribution < 1.29 is 4.39 Å². The summed E-state index contributed by atoms with van der Waals surface area (Å²) in [6.07, 6.45) is 2.06. The van der Waals surface area contributed by atoms with Gasteiger partial charge in [-0.1, -0.05) is 26.1 Å². The summed E-state index contributed by atoms with van der Waals surface area (Å²) >= 11 is 5.13. The van der Waals surface area contributed by atoms with Crippen LogP contribution in [0.25, 0.3) is 11.5 Å². The lowest BCUT2D eigenvalue weighted by atomic mass is 10.1. The third-order valence-corrected chi connectivity index (χ3v) is 2.61. The summed E-state index contributed by atoms with van der Waals surface area (Å²) in [6, 6.07) is 4.79. The van der Waals surface area contributed by atoms with E-state index in [1.165, 1.54) is 12.3 Å². The highest BCUT2D eigenvalue weighted by Gasteiger charge is 2.05. The normalized spacial score (nSPS) is 10.9. The van der Waals surface area contributed by atoms with Crippen LogP contribution in [0.4, 0.5) is 4.39 Å². The molecule has 1 N–H and O–H groups in total. The molecule has 5 heteroatoms. The molecule has 3 nitrogen and oxygen atoms in total. The minimum absolute atomic E-state index is 0.365. The largest absolute Gasteiger partial charge is 0.342 e. The van der Waals surface area contributed by atoms with Crippen molar-refractivity contribution in [1.29, 1.82) is 0 Å². The van der Waals surface area contributed by atoms with Crippen molar-refractivity contribution in [1.82, 2.24) is 15.0 Å². The van der Waals surface area contributed by atoms with Gasteiger partial charge in [-0.2, -0.15) is 0 Å². The molecule has 0 aliphatic rings. The van der Waals surface area contributed by atoms with Gasteiger partial charge in [0.2, 0.25) is 0 Å². The molecule has 94 valence electrons. The second-order valence-electron chi connectivity index (χ2n) is 4.55. The number of aromatic amines is 1. The second kappa shape index (κ2) is 5.35. The molecule has 0 radical (unpaired) electrons. The minimum Gasteiger partial charge on any atom is -0.342 e. The Labute approximate surface area is 110 Å². The molecule has 18 heavy (non-hydrogen) atoms. The molecule has 0 amide bonds. The van der Waals surface area contributed by atoms with Crippen molar-refractivity contribution in [3.63, 3.8) is 0 Å². The SMILES string of the molecule is CC(C)Cc1cc(=S)nc(-c2ccc(F)cn2)[nH]1. The Bertz CT molecular complexity index is 590. The summed E-state index contributed by atoms with van der Waals surface area (Å²) in [4.78, 5) is 11.4. The first-order chi connectivity index (χ1) is 8.54. The highest BCUT2D eigenvalue weighted by Crippen LogP contribution is 2.14. The molecule has 0 aliphatic carbocycles. The van der Waals surface area contributed by atoms with Gasteiger partial charge in [0.1, 0.15) is 16.2 Å². The summed E-state index contributed by atoms with van der Waals surface area (Å²) in [5, 5.41) is 0. The maximum atomic E-state index is 12.8. The van der Waals surface area contributed by atoms with Gasteiger partial charge in [-0.15, -0.1) is 0 Å². The van der Waals surface area contributed by atoms with E-state index in [1.54, 1.807) is 6.07 Å². The van der Waals surface area contributed by atoms with Crippen LogP contribution in [0, 0.1) is 16.4 Å². The Balaban J connectivity index is 2.41. The number of hydrogen-bond acceptors (Lipinski definition) is 3. The van der Waals surface area contributed by atoms with Crippen molar-refractivity contribution in [3.8, 4) is 11.5 Å². The lowest BCUT2D eigenvalue weighted by Crippen LogP contribution is -2.01. The predicted molar refractivity (Wildman–Crippen MR) is 71.2 cm³/mol. The number of halogens is 1. The number of rotatable bonds is 3. The molecule has 0 bridgehead atoms. The molecular weight excluding hydrogens is 249 g/mol. The van der Waals surface area contributed by atoms with Gasteiger partial charge in [0.25, 0.3) is 0 Å². The monoisotopic (exact) mass is 263 g/mol. The third-order valence-electron chi connectivity index (χ3n) is 2.40. The van der Waals surface area contributed by atoms with Crippen molar-refractivity contribution in [2.24, 2.45) is 5.92 Å². The van der Waals surface area contributed by atoms with E-state index in [0.717, 1.165) is 12.1 Å². The zero-order chi connectivity index (χ0) is 13.1. The first kappa shape index (κ1) is 12.8. The molecule has 0 aromatic carbocycles. The van der Waals surface area contributed by atoms with Crippen LogP contribution in [0.2, 0.25) is 0 Å². The summed E-state index contributed by atoms with van der Waals surface area (Å²) in [5.74, 6) is 0.737. The first-order valence-electron chi connectivity index (χ1n) is 5.77. The van der Waals surface area contributed by atoms with Crippen LogP contribution in [0.1, 0.15) is 19.5 Å². The van der Waals surface area contributed by atoms with Gasteiger partial charge in [0.05, 0.1) is 6.20 Å². The van der Waals surface area contributed by atoms with Gasteiger partial charge in [-0.05, 0) is 30.5 Å². The van der Waals surface area contributed by atoms with Crippen LogP contribution in [-0.4, -0.2) is 15.0 Å². The lowest BCUT2D eigenvalue weighted by molar-refractivity contribution is 0.621. The van der Waals surface area contributed by atoms with Crippen LogP contribution in [0.3, 0.4) is 0 Å². The Kier molecular flexibility index (Phi) is 3.81. The zero-order valence-corrected chi connectivity index (χ0v) is 11.1. The van der Waals surface area contributed by atoms with Crippen LogP contribution >= 0.6 is 12.2 Å². The number of nitrogens with zero attached hydrogens (tertiary/aromatic N) is 2. The van der Waals surface area contributed by atoms with Gasteiger partial charge in [0, 0.05) is 5.69 Å². The van der Waals surface area contributed by atoms with E-state index in [4.69, 9.17) is 12.2 Å². The average molecular weight is 263 g/mol. The number of H-pyrrole nitrogens is 1. The summed E-state index contributed by atoms with van der Waals surface area (Å²) in [5.41, 5.74) is 1.61.